The summed E-state index contributed by atoms with van der Waals surface area (Å²) >= 11 is 0. The molecule has 0 saturated heterocycles. The number of fused-ring (bicyclic) bond motifs is 2. The van der Waals surface area contributed by atoms with Crippen molar-refractivity contribution < 1.29 is 14.7 Å². The highest BCUT2D eigenvalue weighted by Crippen LogP contribution is 2.60. The Morgan fingerprint density at radius 3 is 1.89 bits per heavy atom. The molecule has 190 valence electrons. The minimum Gasteiger partial charge on any atom is -0.481 e. The number of benzene rings is 2. The first-order valence-electron chi connectivity index (χ1n) is 14.0. The van der Waals surface area contributed by atoms with E-state index in [9.17, 15) is 14.7 Å². The van der Waals surface area contributed by atoms with E-state index in [2.05, 4.69) is 29.6 Å². The Balaban J connectivity index is 1.21. The molecule has 5 fully saturated rings. The van der Waals surface area contributed by atoms with Crippen LogP contribution < -0.4 is 5.32 Å². The molecule has 0 spiro atoms. The lowest BCUT2D eigenvalue weighted by Crippen LogP contribution is -2.52. The third kappa shape index (κ3) is 3.88. The summed E-state index contributed by atoms with van der Waals surface area (Å²) in [5.41, 5.74) is 5.58. The molecule has 0 radical (unpaired) electrons. The number of hydrogen-bond donors (Lipinski definition) is 2. The fraction of sp³-hybridized carbons (Fsp3) is 0.455. The van der Waals surface area contributed by atoms with Crippen LogP contribution in [0, 0.1) is 40.9 Å². The van der Waals surface area contributed by atoms with Gasteiger partial charge in [-0.15, -0.1) is 0 Å². The van der Waals surface area contributed by atoms with Gasteiger partial charge in [-0.05, 0) is 84.8 Å². The summed E-state index contributed by atoms with van der Waals surface area (Å²) in [6, 6.07) is 20.5. The van der Waals surface area contributed by atoms with Gasteiger partial charge in [0.15, 0.2) is 0 Å². The number of hydrogen-bond acceptors (Lipinski definition) is 2. The summed E-state index contributed by atoms with van der Waals surface area (Å²) < 4.78 is 0. The van der Waals surface area contributed by atoms with Gasteiger partial charge in [-0.3, -0.25) is 9.59 Å². The number of carbonyl (C=O) groups excluding carboxylic acids is 1. The second kappa shape index (κ2) is 8.72. The molecule has 2 aromatic carbocycles. The number of nitrogens with one attached hydrogen (secondary N) is 1. The van der Waals surface area contributed by atoms with E-state index >= 15 is 0 Å². The Hall–Kier alpha value is -3.14. The van der Waals surface area contributed by atoms with Crippen molar-refractivity contribution in [2.75, 3.05) is 6.54 Å². The highest BCUT2D eigenvalue weighted by molar-refractivity contribution is 5.92. The topological polar surface area (TPSA) is 66.4 Å². The van der Waals surface area contributed by atoms with Crippen molar-refractivity contribution in [1.82, 2.24) is 5.32 Å². The molecule has 6 aliphatic rings. The number of carbonyl (C=O) groups is 2. The summed E-state index contributed by atoms with van der Waals surface area (Å²) in [6.07, 6.45) is 10.5. The number of rotatable bonds is 6. The predicted molar refractivity (Wildman–Crippen MR) is 143 cm³/mol. The van der Waals surface area contributed by atoms with E-state index in [0.717, 1.165) is 52.1 Å². The Kier molecular flexibility index (Phi) is 5.42. The maximum absolute atomic E-state index is 13.8. The highest BCUT2D eigenvalue weighted by Gasteiger charge is 2.54. The molecule has 4 nitrogen and oxygen atoms in total. The number of amides is 1. The van der Waals surface area contributed by atoms with Crippen LogP contribution in [0.2, 0.25) is 0 Å². The van der Waals surface area contributed by atoms with Gasteiger partial charge in [0.2, 0.25) is 5.91 Å². The van der Waals surface area contributed by atoms with E-state index in [0.29, 0.717) is 6.42 Å². The number of carboxylic acid groups (broad SMARTS) is 1. The molecule has 6 aliphatic carbocycles. The van der Waals surface area contributed by atoms with Crippen LogP contribution in [0.5, 0.6) is 0 Å². The van der Waals surface area contributed by atoms with Crippen LogP contribution >= 0.6 is 0 Å². The van der Waals surface area contributed by atoms with Gasteiger partial charge in [-0.25, -0.2) is 0 Å². The molecule has 3 unspecified atom stereocenters. The average Bonchev–Trinajstić information content (AvgIpc) is 3.44. The van der Waals surface area contributed by atoms with Gasteiger partial charge >= 0.3 is 5.97 Å². The lowest BCUT2D eigenvalue weighted by Gasteiger charge is -2.57. The fourth-order valence-electron chi connectivity index (χ4n) is 9.25. The van der Waals surface area contributed by atoms with Crippen molar-refractivity contribution in [3.05, 3.63) is 89.0 Å². The molecular weight excluding hydrogens is 458 g/mol. The fourth-order valence-corrected chi connectivity index (χ4v) is 9.25. The monoisotopic (exact) mass is 493 g/mol. The Morgan fingerprint density at radius 1 is 0.838 bits per heavy atom. The molecule has 1 amide bonds. The van der Waals surface area contributed by atoms with E-state index in [1.54, 1.807) is 0 Å². The molecule has 3 atom stereocenters. The average molecular weight is 494 g/mol. The van der Waals surface area contributed by atoms with Crippen LogP contribution in [0.4, 0.5) is 0 Å². The van der Waals surface area contributed by atoms with Gasteiger partial charge in [0.25, 0.3) is 0 Å². The molecule has 2 aromatic rings. The zero-order valence-electron chi connectivity index (χ0n) is 21.2. The summed E-state index contributed by atoms with van der Waals surface area (Å²) in [7, 11) is 0. The minimum atomic E-state index is -0.837. The van der Waals surface area contributed by atoms with Crippen molar-refractivity contribution >= 4 is 17.4 Å². The van der Waals surface area contributed by atoms with Crippen LogP contribution in [0.15, 0.2) is 77.9 Å². The largest absolute Gasteiger partial charge is 0.481 e. The first-order chi connectivity index (χ1) is 18.0. The maximum atomic E-state index is 13.8. The lowest BCUT2D eigenvalue weighted by atomic mass is 9.49. The number of carboxylic acids is 1. The van der Waals surface area contributed by atoms with Crippen LogP contribution in [0.1, 0.15) is 56.1 Å². The Bertz CT molecular complexity index is 1210. The third-order valence-corrected chi connectivity index (χ3v) is 10.2. The third-order valence-electron chi connectivity index (χ3n) is 10.2. The van der Waals surface area contributed by atoms with E-state index in [-0.39, 0.29) is 23.2 Å². The summed E-state index contributed by atoms with van der Waals surface area (Å²) in [5.74, 6) is 0.363. The highest BCUT2D eigenvalue weighted by atomic mass is 16.4. The molecule has 4 heteroatoms. The molecule has 5 saturated carbocycles. The van der Waals surface area contributed by atoms with Gasteiger partial charge in [0.05, 0.1) is 11.8 Å². The second-order valence-electron chi connectivity index (χ2n) is 12.6. The maximum Gasteiger partial charge on any atom is 0.311 e. The van der Waals surface area contributed by atoms with Gasteiger partial charge in [-0.1, -0.05) is 77.9 Å². The van der Waals surface area contributed by atoms with Crippen LogP contribution in [-0.4, -0.2) is 23.5 Å². The van der Waals surface area contributed by atoms with Crippen molar-refractivity contribution in [2.45, 2.75) is 44.9 Å². The van der Waals surface area contributed by atoms with Crippen LogP contribution in [0.3, 0.4) is 0 Å². The van der Waals surface area contributed by atoms with Gasteiger partial charge in [-0.2, -0.15) is 0 Å². The molecule has 37 heavy (non-hydrogen) atoms. The van der Waals surface area contributed by atoms with Crippen LogP contribution in [0.25, 0.3) is 5.57 Å². The van der Waals surface area contributed by atoms with Crippen LogP contribution in [-0.2, 0) is 9.59 Å². The van der Waals surface area contributed by atoms with Crippen molar-refractivity contribution in [3.63, 3.8) is 0 Å². The summed E-state index contributed by atoms with van der Waals surface area (Å²) in [4.78, 5) is 26.2. The molecule has 6 bridgehead atoms. The first-order valence-corrected chi connectivity index (χ1v) is 14.0. The van der Waals surface area contributed by atoms with Crippen molar-refractivity contribution in [1.29, 1.82) is 0 Å². The molecule has 0 aromatic heterocycles. The minimum absolute atomic E-state index is 0.0335. The van der Waals surface area contributed by atoms with E-state index < -0.39 is 11.9 Å². The number of allylic oxidation sites excluding steroid dienone is 1. The van der Waals surface area contributed by atoms with Gasteiger partial charge in [0, 0.05) is 12.5 Å². The number of aliphatic carboxylic acids is 1. The smallest absolute Gasteiger partial charge is 0.311 e. The van der Waals surface area contributed by atoms with E-state index in [4.69, 9.17) is 0 Å². The molecule has 2 N–H and O–H groups in total. The van der Waals surface area contributed by atoms with Crippen molar-refractivity contribution in [3.8, 4) is 0 Å². The van der Waals surface area contributed by atoms with E-state index in [1.807, 2.05) is 42.5 Å². The quantitative estimate of drug-likeness (QED) is 0.478. The summed E-state index contributed by atoms with van der Waals surface area (Å²) in [6.45, 7) is 0.757. The van der Waals surface area contributed by atoms with Gasteiger partial charge < -0.3 is 10.4 Å². The molecule has 0 heterocycles. The van der Waals surface area contributed by atoms with Gasteiger partial charge in [0.1, 0.15) is 0 Å². The normalized spacial score (nSPS) is 34.9. The Morgan fingerprint density at radius 2 is 1.38 bits per heavy atom. The van der Waals surface area contributed by atoms with Crippen molar-refractivity contribution in [2.24, 2.45) is 40.9 Å². The first kappa shape index (κ1) is 23.0. The molecule has 8 rings (SSSR count). The molecule has 0 aliphatic heterocycles. The SMILES string of the molecule is O=C(O)C1C=C2CC(=C(c3ccccc3)c3ccccc3)C1C2C(=O)NCC12CC3CC(CC(C3)C1)C2. The zero-order valence-corrected chi connectivity index (χ0v) is 21.2. The second-order valence-corrected chi connectivity index (χ2v) is 12.6. The zero-order chi connectivity index (χ0) is 25.1. The lowest BCUT2D eigenvalue weighted by molar-refractivity contribution is -0.141. The molecular formula is C33H35NO3. The van der Waals surface area contributed by atoms with E-state index in [1.165, 1.54) is 38.5 Å². The summed E-state index contributed by atoms with van der Waals surface area (Å²) in [5, 5.41) is 13.5. The Labute approximate surface area is 218 Å². The predicted octanol–water partition coefficient (Wildman–Crippen LogP) is 6.10. The standard InChI is InChI=1S/C33H35NO3/c35-31(34-19-33-16-20-11-21(17-33)13-22(12-20)18-33)29-25-14-26(30(29)27(15-25)32(36)37)28(23-7-3-1-4-8-23)24-9-5-2-6-10-24/h1-10,15,20-22,27,29-30H,11-14,16-19H2,(H,34,35)(H,36,37).